The molecule has 4 nitrogen and oxygen atoms in total. The van der Waals surface area contributed by atoms with Crippen molar-refractivity contribution in [2.75, 3.05) is 13.1 Å². The monoisotopic (exact) mass is 179 g/mol. The molecule has 1 aliphatic carbocycles. The van der Waals surface area contributed by atoms with Crippen molar-refractivity contribution < 1.29 is 4.52 Å². The van der Waals surface area contributed by atoms with Crippen molar-refractivity contribution in [2.24, 2.45) is 5.92 Å². The molecule has 2 heterocycles. The van der Waals surface area contributed by atoms with E-state index in [9.17, 15) is 0 Å². The highest BCUT2D eigenvalue weighted by Crippen LogP contribution is 2.32. The van der Waals surface area contributed by atoms with Gasteiger partial charge in [0.1, 0.15) is 0 Å². The Labute approximate surface area is 76.7 Å². The molecule has 0 bridgehead atoms. The van der Waals surface area contributed by atoms with Crippen LogP contribution < -0.4 is 5.32 Å². The van der Waals surface area contributed by atoms with E-state index in [2.05, 4.69) is 15.5 Å². The third-order valence-corrected chi connectivity index (χ3v) is 2.78. The number of hydrogen-bond acceptors (Lipinski definition) is 4. The lowest BCUT2D eigenvalue weighted by Gasteiger charge is -2.22. The van der Waals surface area contributed by atoms with Crippen LogP contribution in [0.4, 0.5) is 0 Å². The number of rotatable bonds is 3. The van der Waals surface area contributed by atoms with Crippen LogP contribution in [0.2, 0.25) is 0 Å². The van der Waals surface area contributed by atoms with Crippen molar-refractivity contribution in [3.05, 3.63) is 11.7 Å². The zero-order valence-corrected chi connectivity index (χ0v) is 7.49. The van der Waals surface area contributed by atoms with Gasteiger partial charge in [-0.2, -0.15) is 4.98 Å². The topological polar surface area (TPSA) is 51.0 Å². The summed E-state index contributed by atoms with van der Waals surface area (Å²) in [5, 5.41) is 7.18. The van der Waals surface area contributed by atoms with Crippen molar-refractivity contribution in [3.8, 4) is 0 Å². The molecule has 70 valence electrons. The van der Waals surface area contributed by atoms with Crippen LogP contribution in [0.3, 0.4) is 0 Å². The fourth-order valence-corrected chi connectivity index (χ4v) is 1.56. The average molecular weight is 179 g/mol. The Hall–Kier alpha value is -0.900. The van der Waals surface area contributed by atoms with E-state index >= 15 is 0 Å². The predicted molar refractivity (Wildman–Crippen MR) is 46.3 cm³/mol. The molecule has 4 heteroatoms. The van der Waals surface area contributed by atoms with Gasteiger partial charge >= 0.3 is 0 Å². The first-order valence-corrected chi connectivity index (χ1v) is 4.95. The van der Waals surface area contributed by atoms with E-state index in [1.165, 1.54) is 12.8 Å². The van der Waals surface area contributed by atoms with E-state index in [1.807, 2.05) is 0 Å². The van der Waals surface area contributed by atoms with Gasteiger partial charge in [0.05, 0.1) is 5.92 Å². The Kier molecular flexibility index (Phi) is 1.62. The maximum Gasteiger partial charge on any atom is 0.232 e. The highest BCUT2D eigenvalue weighted by atomic mass is 16.5. The average Bonchev–Trinajstić information content (AvgIpc) is 2.69. The first kappa shape index (κ1) is 7.50. The molecule has 0 spiro atoms. The Morgan fingerprint density at radius 1 is 1.38 bits per heavy atom. The predicted octanol–water partition coefficient (Wildman–Crippen LogP) is 0.709. The zero-order chi connectivity index (χ0) is 8.67. The van der Waals surface area contributed by atoms with Crippen molar-refractivity contribution in [3.63, 3.8) is 0 Å². The van der Waals surface area contributed by atoms with E-state index in [-0.39, 0.29) is 0 Å². The molecule has 3 rings (SSSR count). The third-order valence-electron chi connectivity index (χ3n) is 2.78. The Morgan fingerprint density at radius 2 is 2.23 bits per heavy atom. The molecule has 0 atom stereocenters. The molecule has 1 aromatic heterocycles. The zero-order valence-electron chi connectivity index (χ0n) is 7.49. The van der Waals surface area contributed by atoms with Crippen LogP contribution in [0.1, 0.15) is 30.5 Å². The minimum Gasteiger partial charge on any atom is -0.339 e. The molecule has 1 saturated heterocycles. The molecular formula is C9H13N3O. The van der Waals surface area contributed by atoms with Crippen LogP contribution in [0, 0.1) is 5.92 Å². The van der Waals surface area contributed by atoms with Crippen molar-refractivity contribution >= 4 is 0 Å². The summed E-state index contributed by atoms with van der Waals surface area (Å²) in [5.41, 5.74) is 0. The summed E-state index contributed by atoms with van der Waals surface area (Å²) in [5.74, 6) is 3.05. The maximum absolute atomic E-state index is 5.20. The lowest BCUT2D eigenvalue weighted by atomic mass is 10.0. The van der Waals surface area contributed by atoms with Gasteiger partial charge < -0.3 is 9.84 Å². The fraction of sp³-hybridized carbons (Fsp3) is 0.778. The van der Waals surface area contributed by atoms with E-state index in [1.54, 1.807) is 0 Å². The van der Waals surface area contributed by atoms with Crippen LogP contribution >= 0.6 is 0 Å². The first-order chi connectivity index (χ1) is 6.42. The Balaban J connectivity index is 1.69. The molecule has 0 unspecified atom stereocenters. The van der Waals surface area contributed by atoms with E-state index in [4.69, 9.17) is 4.52 Å². The van der Waals surface area contributed by atoms with Gasteiger partial charge in [-0.3, -0.25) is 0 Å². The van der Waals surface area contributed by atoms with E-state index in [0.717, 1.165) is 37.1 Å². The van der Waals surface area contributed by atoms with Crippen LogP contribution in [0.5, 0.6) is 0 Å². The molecule has 1 N–H and O–H groups in total. The second-order valence-corrected chi connectivity index (χ2v) is 4.05. The summed E-state index contributed by atoms with van der Waals surface area (Å²) in [4.78, 5) is 4.39. The molecule has 13 heavy (non-hydrogen) atoms. The van der Waals surface area contributed by atoms with Gasteiger partial charge in [-0.25, -0.2) is 0 Å². The molecule has 1 aromatic rings. The number of nitrogens with zero attached hydrogens (tertiary/aromatic N) is 2. The lowest BCUT2D eigenvalue weighted by Crippen LogP contribution is -2.40. The van der Waals surface area contributed by atoms with Gasteiger partial charge in [-0.1, -0.05) is 5.16 Å². The van der Waals surface area contributed by atoms with E-state index in [0.29, 0.717) is 5.92 Å². The summed E-state index contributed by atoms with van der Waals surface area (Å²) in [6, 6.07) is 0. The van der Waals surface area contributed by atoms with E-state index < -0.39 is 0 Å². The Morgan fingerprint density at radius 3 is 2.85 bits per heavy atom. The van der Waals surface area contributed by atoms with Crippen molar-refractivity contribution in [1.29, 1.82) is 0 Å². The fourth-order valence-electron chi connectivity index (χ4n) is 1.56. The van der Waals surface area contributed by atoms with Crippen molar-refractivity contribution in [2.45, 2.75) is 25.2 Å². The summed E-state index contributed by atoms with van der Waals surface area (Å²) in [7, 11) is 0. The minimum atomic E-state index is 0.473. The van der Waals surface area contributed by atoms with Gasteiger partial charge in [-0.15, -0.1) is 0 Å². The van der Waals surface area contributed by atoms with Gasteiger partial charge in [-0.05, 0) is 18.8 Å². The maximum atomic E-state index is 5.20. The molecule has 0 radical (unpaired) electrons. The molecular weight excluding hydrogens is 166 g/mol. The second kappa shape index (κ2) is 2.80. The molecule has 2 aliphatic rings. The molecule has 0 amide bonds. The minimum absolute atomic E-state index is 0.473. The summed E-state index contributed by atoms with van der Waals surface area (Å²) >= 11 is 0. The quantitative estimate of drug-likeness (QED) is 0.742. The second-order valence-electron chi connectivity index (χ2n) is 4.05. The lowest BCUT2D eigenvalue weighted by molar-refractivity contribution is 0.306. The number of nitrogens with one attached hydrogen (secondary N) is 1. The molecule has 1 saturated carbocycles. The Bertz CT molecular complexity index is 302. The van der Waals surface area contributed by atoms with Gasteiger partial charge in [0.15, 0.2) is 5.82 Å². The van der Waals surface area contributed by atoms with Gasteiger partial charge in [0.25, 0.3) is 0 Å². The SMILES string of the molecule is C1CC1Cc1noc(C2CNC2)n1. The number of hydrogen-bond donors (Lipinski definition) is 1. The van der Waals surface area contributed by atoms with Gasteiger partial charge in [0, 0.05) is 19.5 Å². The number of aromatic nitrogens is 2. The molecule has 2 fully saturated rings. The van der Waals surface area contributed by atoms with Crippen molar-refractivity contribution in [1.82, 2.24) is 15.5 Å². The standard InChI is InChI=1S/C9H13N3O/c1-2-6(1)3-8-11-9(13-12-8)7-4-10-5-7/h6-7,10H,1-5H2. The largest absolute Gasteiger partial charge is 0.339 e. The first-order valence-electron chi connectivity index (χ1n) is 4.95. The van der Waals surface area contributed by atoms with Crippen LogP contribution in [-0.2, 0) is 6.42 Å². The normalized spacial score (nSPS) is 23.1. The third kappa shape index (κ3) is 1.46. The summed E-state index contributed by atoms with van der Waals surface area (Å²) < 4.78 is 5.20. The van der Waals surface area contributed by atoms with Gasteiger partial charge in [0.2, 0.25) is 5.89 Å². The smallest absolute Gasteiger partial charge is 0.232 e. The highest BCUT2D eigenvalue weighted by molar-refractivity contribution is 5.01. The summed E-state index contributed by atoms with van der Waals surface area (Å²) in [6.07, 6.45) is 3.70. The van der Waals surface area contributed by atoms with Crippen LogP contribution in [-0.4, -0.2) is 23.2 Å². The van der Waals surface area contributed by atoms with Crippen LogP contribution in [0.15, 0.2) is 4.52 Å². The molecule has 0 aromatic carbocycles. The van der Waals surface area contributed by atoms with Crippen LogP contribution in [0.25, 0.3) is 0 Å². The molecule has 1 aliphatic heterocycles. The summed E-state index contributed by atoms with van der Waals surface area (Å²) in [6.45, 7) is 1.98. The highest BCUT2D eigenvalue weighted by Gasteiger charge is 2.27.